The summed E-state index contributed by atoms with van der Waals surface area (Å²) in [6.45, 7) is 0. The van der Waals surface area contributed by atoms with Crippen molar-refractivity contribution in [1.29, 1.82) is 0 Å². The Morgan fingerprint density at radius 3 is 2.39 bits per heavy atom. The molecule has 0 heterocycles. The van der Waals surface area contributed by atoms with Gasteiger partial charge in [-0.1, -0.05) is 12.1 Å². The van der Waals surface area contributed by atoms with Gasteiger partial charge in [0, 0.05) is 0 Å². The Hall–Kier alpha value is -1.40. The van der Waals surface area contributed by atoms with Crippen molar-refractivity contribution in [2.24, 2.45) is 5.73 Å². The number of rotatable bonds is 5. The molecule has 1 rings (SSSR count). The average molecular weight is 275 g/mol. The highest BCUT2D eigenvalue weighted by Gasteiger charge is 2.17. The fourth-order valence-electron chi connectivity index (χ4n) is 1.31. The standard InChI is InChI=1S/C10H14NO6P/c1-16-10(12)9(11)6-7-2-4-8(5-3-7)17-18(13,14)15/h2-5,9H,6,11H2,1H3,(H2,13,14,15). The van der Waals surface area contributed by atoms with Crippen molar-refractivity contribution in [3.05, 3.63) is 29.8 Å². The van der Waals surface area contributed by atoms with Gasteiger partial charge in [0.2, 0.25) is 0 Å². The van der Waals surface area contributed by atoms with Gasteiger partial charge in [-0.2, -0.15) is 0 Å². The van der Waals surface area contributed by atoms with Gasteiger partial charge in [-0.3, -0.25) is 14.6 Å². The lowest BCUT2D eigenvalue weighted by molar-refractivity contribution is -0.142. The average Bonchev–Trinajstić information content (AvgIpc) is 2.28. The Morgan fingerprint density at radius 2 is 1.94 bits per heavy atom. The van der Waals surface area contributed by atoms with Crippen molar-refractivity contribution in [1.82, 2.24) is 0 Å². The first-order valence-corrected chi connectivity index (χ1v) is 6.52. The van der Waals surface area contributed by atoms with E-state index in [-0.39, 0.29) is 12.2 Å². The topological polar surface area (TPSA) is 119 Å². The van der Waals surface area contributed by atoms with Crippen molar-refractivity contribution in [3.8, 4) is 5.75 Å². The number of phosphoric acid groups is 1. The lowest BCUT2D eigenvalue weighted by Gasteiger charge is -2.10. The van der Waals surface area contributed by atoms with Crippen LogP contribution in [0.15, 0.2) is 24.3 Å². The molecule has 0 fully saturated rings. The quantitative estimate of drug-likeness (QED) is 0.518. The second-order valence-corrected chi connectivity index (χ2v) is 4.72. The molecule has 0 aromatic heterocycles. The maximum Gasteiger partial charge on any atom is 0.524 e. The minimum Gasteiger partial charge on any atom is -0.468 e. The molecule has 0 radical (unpaired) electrons. The molecule has 100 valence electrons. The highest BCUT2D eigenvalue weighted by atomic mass is 31.2. The zero-order chi connectivity index (χ0) is 13.8. The lowest BCUT2D eigenvalue weighted by Crippen LogP contribution is -2.33. The van der Waals surface area contributed by atoms with Gasteiger partial charge in [-0.25, -0.2) is 4.57 Å². The maximum absolute atomic E-state index is 11.1. The molecule has 0 saturated heterocycles. The Bertz CT molecular complexity index is 454. The summed E-state index contributed by atoms with van der Waals surface area (Å²) in [7, 11) is -3.30. The predicted octanol–water partition coefficient (Wildman–Crippen LogP) is 0.201. The summed E-state index contributed by atoms with van der Waals surface area (Å²) in [6.07, 6.45) is 0.267. The van der Waals surface area contributed by atoms with E-state index in [4.69, 9.17) is 15.5 Å². The molecule has 0 aliphatic rings. The number of carbonyl (C=O) groups excluding carboxylic acids is 1. The van der Waals surface area contributed by atoms with Gasteiger partial charge in [-0.15, -0.1) is 0 Å². The predicted molar refractivity (Wildman–Crippen MR) is 62.8 cm³/mol. The third-order valence-corrected chi connectivity index (χ3v) is 2.56. The summed E-state index contributed by atoms with van der Waals surface area (Å²) in [6, 6.07) is 5.13. The molecular formula is C10H14NO6P. The molecule has 18 heavy (non-hydrogen) atoms. The minimum absolute atomic E-state index is 0.0405. The number of benzene rings is 1. The first-order valence-electron chi connectivity index (χ1n) is 4.99. The molecule has 1 unspecified atom stereocenters. The number of phosphoric ester groups is 1. The van der Waals surface area contributed by atoms with Crippen LogP contribution in [0, 0.1) is 0 Å². The van der Waals surface area contributed by atoms with E-state index in [0.717, 1.165) is 5.56 Å². The smallest absolute Gasteiger partial charge is 0.468 e. The molecule has 0 spiro atoms. The summed E-state index contributed by atoms with van der Waals surface area (Å²) in [5.74, 6) is -0.482. The summed E-state index contributed by atoms with van der Waals surface area (Å²) in [5, 5.41) is 0. The number of hydrogen-bond donors (Lipinski definition) is 3. The monoisotopic (exact) mass is 275 g/mol. The molecular weight excluding hydrogens is 261 g/mol. The van der Waals surface area contributed by atoms with Crippen LogP contribution in [0.1, 0.15) is 5.56 Å². The van der Waals surface area contributed by atoms with E-state index >= 15 is 0 Å². The zero-order valence-electron chi connectivity index (χ0n) is 9.65. The van der Waals surface area contributed by atoms with Gasteiger partial charge >= 0.3 is 13.8 Å². The van der Waals surface area contributed by atoms with Gasteiger partial charge in [0.15, 0.2) is 0 Å². The molecule has 4 N–H and O–H groups in total. The number of ether oxygens (including phenoxy) is 1. The summed E-state index contributed by atoms with van der Waals surface area (Å²) in [5.41, 5.74) is 6.30. The van der Waals surface area contributed by atoms with Gasteiger partial charge in [0.1, 0.15) is 11.8 Å². The first kappa shape index (κ1) is 14.7. The van der Waals surface area contributed by atoms with Gasteiger partial charge < -0.3 is 15.0 Å². The van der Waals surface area contributed by atoms with Crippen LogP contribution < -0.4 is 10.3 Å². The minimum atomic E-state index is -4.55. The van der Waals surface area contributed by atoms with Crippen molar-refractivity contribution >= 4 is 13.8 Å². The third kappa shape index (κ3) is 4.85. The largest absolute Gasteiger partial charge is 0.524 e. The molecule has 0 aliphatic heterocycles. The van der Waals surface area contributed by atoms with Crippen LogP contribution in [0.2, 0.25) is 0 Å². The Kier molecular flexibility index (Phi) is 4.86. The second kappa shape index (κ2) is 5.97. The van der Waals surface area contributed by atoms with Gasteiger partial charge in [0.25, 0.3) is 0 Å². The Labute approximate surface area is 104 Å². The van der Waals surface area contributed by atoms with Gasteiger partial charge in [0.05, 0.1) is 7.11 Å². The van der Waals surface area contributed by atoms with E-state index in [0.29, 0.717) is 0 Å². The van der Waals surface area contributed by atoms with Crippen LogP contribution in [-0.4, -0.2) is 28.9 Å². The summed E-state index contributed by atoms with van der Waals surface area (Å²) >= 11 is 0. The van der Waals surface area contributed by atoms with Crippen molar-refractivity contribution in [2.75, 3.05) is 7.11 Å². The summed E-state index contributed by atoms with van der Waals surface area (Å²) < 4.78 is 19.4. The van der Waals surface area contributed by atoms with Crippen LogP contribution in [0.5, 0.6) is 5.75 Å². The maximum atomic E-state index is 11.1. The van der Waals surface area contributed by atoms with Crippen LogP contribution in [-0.2, 0) is 20.5 Å². The molecule has 0 bridgehead atoms. The molecule has 1 atom stereocenters. The highest BCUT2D eigenvalue weighted by molar-refractivity contribution is 7.46. The molecule has 1 aromatic rings. The number of esters is 1. The second-order valence-electron chi connectivity index (χ2n) is 3.56. The van der Waals surface area contributed by atoms with Crippen molar-refractivity contribution < 1.29 is 28.4 Å². The van der Waals surface area contributed by atoms with E-state index in [1.165, 1.54) is 19.2 Å². The normalized spacial score (nSPS) is 12.9. The summed E-state index contributed by atoms with van der Waals surface area (Å²) in [4.78, 5) is 28.3. The molecule has 0 amide bonds. The fourth-order valence-corrected chi connectivity index (χ4v) is 1.71. The Balaban J connectivity index is 2.66. The molecule has 8 heteroatoms. The van der Waals surface area contributed by atoms with Crippen LogP contribution in [0.25, 0.3) is 0 Å². The number of carbonyl (C=O) groups is 1. The molecule has 0 aliphatic carbocycles. The molecule has 1 aromatic carbocycles. The van der Waals surface area contributed by atoms with Crippen LogP contribution in [0.4, 0.5) is 0 Å². The van der Waals surface area contributed by atoms with E-state index in [1.54, 1.807) is 12.1 Å². The highest BCUT2D eigenvalue weighted by Crippen LogP contribution is 2.37. The fraction of sp³-hybridized carbons (Fsp3) is 0.300. The Morgan fingerprint density at radius 1 is 1.39 bits per heavy atom. The van der Waals surface area contributed by atoms with E-state index in [9.17, 15) is 9.36 Å². The molecule has 7 nitrogen and oxygen atoms in total. The van der Waals surface area contributed by atoms with E-state index in [2.05, 4.69) is 9.26 Å². The van der Waals surface area contributed by atoms with Crippen molar-refractivity contribution in [2.45, 2.75) is 12.5 Å². The number of methoxy groups -OCH3 is 1. The van der Waals surface area contributed by atoms with Crippen molar-refractivity contribution in [3.63, 3.8) is 0 Å². The number of nitrogens with two attached hydrogens (primary N) is 1. The van der Waals surface area contributed by atoms with Gasteiger partial charge in [-0.05, 0) is 24.1 Å². The van der Waals surface area contributed by atoms with E-state index in [1.807, 2.05) is 0 Å². The first-order chi connectivity index (χ1) is 8.31. The van der Waals surface area contributed by atoms with Crippen LogP contribution in [0.3, 0.4) is 0 Å². The van der Waals surface area contributed by atoms with E-state index < -0.39 is 19.8 Å². The SMILES string of the molecule is COC(=O)C(N)Cc1ccc(OP(=O)(O)O)cc1. The third-order valence-electron chi connectivity index (χ3n) is 2.11. The molecule has 0 saturated carbocycles. The number of hydrogen-bond acceptors (Lipinski definition) is 5. The van der Waals surface area contributed by atoms with Crippen LogP contribution >= 0.6 is 7.82 Å². The lowest BCUT2D eigenvalue weighted by atomic mass is 10.1. The zero-order valence-corrected chi connectivity index (χ0v) is 10.5.